The molecule has 19 heavy (non-hydrogen) atoms. The molecule has 0 radical (unpaired) electrons. The predicted molar refractivity (Wildman–Crippen MR) is 75.1 cm³/mol. The maximum Gasteiger partial charge on any atom is 0.225 e. The number of hydrogen-bond acceptors (Lipinski definition) is 4. The van der Waals surface area contributed by atoms with E-state index in [1.54, 1.807) is 17.5 Å². The minimum atomic E-state index is 0.0856. The molecule has 1 N–H and O–H groups in total. The Morgan fingerprint density at radius 2 is 2.21 bits per heavy atom. The van der Waals surface area contributed by atoms with Gasteiger partial charge in [-0.25, -0.2) is 4.98 Å². The normalized spacial score (nSPS) is 23.0. The monoisotopic (exact) mass is 280 g/mol. The first-order valence-corrected chi connectivity index (χ1v) is 7.63. The quantitative estimate of drug-likeness (QED) is 0.842. The smallest absolute Gasteiger partial charge is 0.225 e. The van der Waals surface area contributed by atoms with E-state index < -0.39 is 0 Å². The molecule has 4 nitrogen and oxygen atoms in total. The molecule has 1 aromatic heterocycles. The number of carbonyl (C=O) groups excluding carboxylic acids is 2. The molecule has 1 aliphatic rings. The van der Waals surface area contributed by atoms with Gasteiger partial charge in [-0.1, -0.05) is 0 Å². The number of carbonyl (C=O) groups is 2. The van der Waals surface area contributed by atoms with Crippen molar-refractivity contribution in [1.29, 1.82) is 0 Å². The van der Waals surface area contributed by atoms with Crippen LogP contribution in [0.15, 0.2) is 6.20 Å². The number of nitrogens with zero attached hydrogens (tertiary/aromatic N) is 1. The molecule has 1 fully saturated rings. The van der Waals surface area contributed by atoms with Gasteiger partial charge in [-0.05, 0) is 38.5 Å². The standard InChI is InChI=1S/C14H20N2O2S/c1-10-15-9-13(19-10)8-14(18)16-12-4-2-11(3-5-12)6-7-17/h7,9,11-12H,2-6,8H2,1H3,(H,16,18)/t11-,12-. The van der Waals surface area contributed by atoms with Gasteiger partial charge < -0.3 is 10.1 Å². The third-order valence-corrected chi connectivity index (χ3v) is 4.56. The van der Waals surface area contributed by atoms with E-state index in [1.807, 2.05) is 6.92 Å². The zero-order valence-electron chi connectivity index (χ0n) is 11.2. The Labute approximate surface area is 117 Å². The van der Waals surface area contributed by atoms with Crippen molar-refractivity contribution in [2.45, 2.75) is 51.5 Å². The highest BCUT2D eigenvalue weighted by molar-refractivity contribution is 7.11. The molecule has 0 bridgehead atoms. The van der Waals surface area contributed by atoms with Gasteiger partial charge >= 0.3 is 0 Å². The highest BCUT2D eigenvalue weighted by Crippen LogP contribution is 2.26. The highest BCUT2D eigenvalue weighted by atomic mass is 32.1. The van der Waals surface area contributed by atoms with Crippen molar-refractivity contribution >= 4 is 23.5 Å². The Bertz CT molecular complexity index is 436. The number of aryl methyl sites for hydroxylation is 1. The van der Waals surface area contributed by atoms with E-state index >= 15 is 0 Å². The van der Waals surface area contributed by atoms with Crippen molar-refractivity contribution in [3.63, 3.8) is 0 Å². The zero-order valence-corrected chi connectivity index (χ0v) is 12.0. The largest absolute Gasteiger partial charge is 0.353 e. The van der Waals surface area contributed by atoms with E-state index in [0.717, 1.165) is 41.9 Å². The Balaban J connectivity index is 1.73. The van der Waals surface area contributed by atoms with Crippen LogP contribution in [0.4, 0.5) is 0 Å². The molecule has 0 atom stereocenters. The molecule has 0 aromatic carbocycles. The van der Waals surface area contributed by atoms with Crippen LogP contribution < -0.4 is 5.32 Å². The summed E-state index contributed by atoms with van der Waals surface area (Å²) >= 11 is 1.57. The second kappa shape index (κ2) is 6.80. The van der Waals surface area contributed by atoms with E-state index in [-0.39, 0.29) is 11.9 Å². The molecule has 1 aromatic rings. The summed E-state index contributed by atoms with van der Waals surface area (Å²) in [6, 6.07) is 0.282. The van der Waals surface area contributed by atoms with Crippen molar-refractivity contribution in [2.75, 3.05) is 0 Å². The minimum absolute atomic E-state index is 0.0856. The van der Waals surface area contributed by atoms with Gasteiger partial charge in [0.25, 0.3) is 0 Å². The average molecular weight is 280 g/mol. The highest BCUT2D eigenvalue weighted by Gasteiger charge is 2.22. The SMILES string of the molecule is Cc1ncc(CC(=O)N[C@H]2CC[C@H](CC=O)CC2)s1. The molecule has 1 saturated carbocycles. The second-order valence-electron chi connectivity index (χ2n) is 5.21. The molecule has 0 saturated heterocycles. The summed E-state index contributed by atoms with van der Waals surface area (Å²) in [7, 11) is 0. The number of thiazole rings is 1. The molecule has 0 unspecified atom stereocenters. The summed E-state index contributed by atoms with van der Waals surface area (Å²) < 4.78 is 0. The van der Waals surface area contributed by atoms with Crippen LogP contribution in [0.1, 0.15) is 42.0 Å². The Kier molecular flexibility index (Phi) is 5.07. The molecule has 1 aliphatic carbocycles. The Hall–Kier alpha value is -1.23. The van der Waals surface area contributed by atoms with Gasteiger partial charge in [0.1, 0.15) is 6.29 Å². The van der Waals surface area contributed by atoms with Gasteiger partial charge in [0.15, 0.2) is 0 Å². The summed E-state index contributed by atoms with van der Waals surface area (Å²) in [5, 5.41) is 4.09. The lowest BCUT2D eigenvalue weighted by Gasteiger charge is -2.28. The zero-order chi connectivity index (χ0) is 13.7. The fraction of sp³-hybridized carbons (Fsp3) is 0.643. The van der Waals surface area contributed by atoms with Crippen molar-refractivity contribution in [2.24, 2.45) is 5.92 Å². The Morgan fingerprint density at radius 1 is 1.47 bits per heavy atom. The number of nitrogens with one attached hydrogen (secondary N) is 1. The minimum Gasteiger partial charge on any atom is -0.353 e. The van der Waals surface area contributed by atoms with Crippen LogP contribution in [0.2, 0.25) is 0 Å². The molecule has 5 heteroatoms. The lowest BCUT2D eigenvalue weighted by atomic mass is 9.84. The fourth-order valence-electron chi connectivity index (χ4n) is 2.60. The number of rotatable bonds is 5. The third-order valence-electron chi connectivity index (χ3n) is 3.65. The first-order chi connectivity index (χ1) is 9.17. The molecule has 1 heterocycles. The van der Waals surface area contributed by atoms with Gasteiger partial charge in [-0.15, -0.1) is 11.3 Å². The van der Waals surface area contributed by atoms with Crippen molar-refractivity contribution < 1.29 is 9.59 Å². The summed E-state index contributed by atoms with van der Waals surface area (Å²) in [5.74, 6) is 0.609. The van der Waals surface area contributed by atoms with Gasteiger partial charge in [0, 0.05) is 23.5 Å². The third kappa shape index (κ3) is 4.42. The predicted octanol–water partition coefficient (Wildman–Crippen LogP) is 2.26. The summed E-state index contributed by atoms with van der Waals surface area (Å²) in [6.07, 6.45) is 7.96. The van der Waals surface area contributed by atoms with Crippen LogP contribution in [0, 0.1) is 12.8 Å². The lowest BCUT2D eigenvalue weighted by molar-refractivity contribution is -0.121. The lowest BCUT2D eigenvalue weighted by Crippen LogP contribution is -2.38. The first kappa shape index (κ1) is 14.2. The van der Waals surface area contributed by atoms with Crippen LogP contribution in [0.25, 0.3) is 0 Å². The van der Waals surface area contributed by atoms with E-state index in [4.69, 9.17) is 0 Å². The van der Waals surface area contributed by atoms with Gasteiger partial charge in [0.05, 0.1) is 11.4 Å². The van der Waals surface area contributed by atoms with Crippen LogP contribution in [0.3, 0.4) is 0 Å². The summed E-state index contributed by atoms with van der Waals surface area (Å²) in [6.45, 7) is 1.94. The average Bonchev–Trinajstić information content (AvgIpc) is 2.77. The molecule has 0 spiro atoms. The van der Waals surface area contributed by atoms with Crippen molar-refractivity contribution in [3.8, 4) is 0 Å². The van der Waals surface area contributed by atoms with E-state index in [2.05, 4.69) is 10.3 Å². The number of amides is 1. The van der Waals surface area contributed by atoms with E-state index in [9.17, 15) is 9.59 Å². The number of hydrogen-bond donors (Lipinski definition) is 1. The summed E-state index contributed by atoms with van der Waals surface area (Å²) in [4.78, 5) is 27.5. The van der Waals surface area contributed by atoms with Gasteiger partial charge in [-0.3, -0.25) is 4.79 Å². The summed E-state index contributed by atoms with van der Waals surface area (Å²) in [5.41, 5.74) is 0. The fourth-order valence-corrected chi connectivity index (χ4v) is 3.40. The second-order valence-corrected chi connectivity index (χ2v) is 6.53. The van der Waals surface area contributed by atoms with E-state index in [0.29, 0.717) is 18.8 Å². The van der Waals surface area contributed by atoms with Gasteiger partial charge in [0.2, 0.25) is 5.91 Å². The topological polar surface area (TPSA) is 59.1 Å². The van der Waals surface area contributed by atoms with Crippen molar-refractivity contribution in [3.05, 3.63) is 16.1 Å². The first-order valence-electron chi connectivity index (χ1n) is 6.81. The van der Waals surface area contributed by atoms with Crippen LogP contribution in [-0.4, -0.2) is 23.2 Å². The number of aromatic nitrogens is 1. The number of aldehydes is 1. The molecule has 2 rings (SSSR count). The van der Waals surface area contributed by atoms with Crippen LogP contribution in [-0.2, 0) is 16.0 Å². The van der Waals surface area contributed by atoms with Crippen molar-refractivity contribution in [1.82, 2.24) is 10.3 Å². The molecule has 1 amide bonds. The Morgan fingerprint density at radius 3 is 2.79 bits per heavy atom. The van der Waals surface area contributed by atoms with Crippen LogP contribution in [0.5, 0.6) is 0 Å². The maximum absolute atomic E-state index is 11.9. The van der Waals surface area contributed by atoms with E-state index in [1.165, 1.54) is 0 Å². The molecule has 0 aliphatic heterocycles. The van der Waals surface area contributed by atoms with Gasteiger partial charge in [-0.2, -0.15) is 0 Å². The van der Waals surface area contributed by atoms with Crippen LogP contribution >= 0.6 is 11.3 Å². The molecular weight excluding hydrogens is 260 g/mol. The maximum atomic E-state index is 11.9. The molecular formula is C14H20N2O2S. The molecule has 104 valence electrons.